The van der Waals surface area contributed by atoms with Crippen LogP contribution in [0.15, 0.2) is 30.3 Å². The van der Waals surface area contributed by atoms with Gasteiger partial charge in [-0.3, -0.25) is 4.79 Å². The average molecular weight is 260 g/mol. The predicted molar refractivity (Wildman–Crippen MR) is 77.1 cm³/mol. The van der Waals surface area contributed by atoms with Gasteiger partial charge in [0, 0.05) is 5.56 Å². The molecule has 0 aromatic heterocycles. The van der Waals surface area contributed by atoms with E-state index in [9.17, 15) is 9.90 Å². The molecule has 2 heteroatoms. The molecule has 3 atom stereocenters. The van der Waals surface area contributed by atoms with Gasteiger partial charge in [-0.1, -0.05) is 50.1 Å². The maximum atomic E-state index is 12.7. The molecule has 1 aromatic rings. The molecule has 0 radical (unpaired) electrons. The molecule has 1 saturated carbocycles. The molecule has 1 aliphatic rings. The highest BCUT2D eigenvalue weighted by atomic mass is 16.3. The van der Waals surface area contributed by atoms with Crippen LogP contribution in [-0.2, 0) is 0 Å². The maximum absolute atomic E-state index is 12.7. The zero-order chi connectivity index (χ0) is 13.9. The summed E-state index contributed by atoms with van der Waals surface area (Å²) in [5.74, 6) is 0.216. The number of rotatable bonds is 5. The number of hydrogen-bond donors (Lipinski definition) is 1. The second-order valence-electron chi connectivity index (χ2n) is 6.01. The van der Waals surface area contributed by atoms with Crippen molar-refractivity contribution < 1.29 is 9.90 Å². The summed E-state index contributed by atoms with van der Waals surface area (Å²) in [6.45, 7) is 3.99. The second kappa shape index (κ2) is 5.87. The van der Waals surface area contributed by atoms with Crippen LogP contribution in [0.5, 0.6) is 0 Å². The Morgan fingerprint density at radius 1 is 1.37 bits per heavy atom. The van der Waals surface area contributed by atoms with E-state index in [-0.39, 0.29) is 11.7 Å². The van der Waals surface area contributed by atoms with E-state index >= 15 is 0 Å². The monoisotopic (exact) mass is 260 g/mol. The largest absolute Gasteiger partial charge is 0.389 e. The van der Waals surface area contributed by atoms with Crippen molar-refractivity contribution in [3.05, 3.63) is 35.9 Å². The van der Waals surface area contributed by atoms with Gasteiger partial charge in [-0.25, -0.2) is 0 Å². The van der Waals surface area contributed by atoms with Crippen LogP contribution in [0.2, 0.25) is 0 Å². The van der Waals surface area contributed by atoms with Gasteiger partial charge in [0.1, 0.15) is 0 Å². The Labute approximate surface area is 115 Å². The molecule has 1 aliphatic carbocycles. The first kappa shape index (κ1) is 14.3. The van der Waals surface area contributed by atoms with Crippen molar-refractivity contribution in [1.29, 1.82) is 0 Å². The number of carbonyl (C=O) groups excluding carboxylic acids is 1. The lowest BCUT2D eigenvalue weighted by Crippen LogP contribution is -2.38. The molecule has 0 saturated heterocycles. The summed E-state index contributed by atoms with van der Waals surface area (Å²) in [4.78, 5) is 12.7. The summed E-state index contributed by atoms with van der Waals surface area (Å²) in [6, 6.07) is 9.40. The number of unbranched alkanes of at least 4 members (excludes halogenated alkanes) is 1. The highest BCUT2D eigenvalue weighted by molar-refractivity contribution is 5.98. The fraction of sp³-hybridized carbons (Fsp3) is 0.588. The van der Waals surface area contributed by atoms with Gasteiger partial charge in [0.05, 0.1) is 11.5 Å². The van der Waals surface area contributed by atoms with E-state index < -0.39 is 5.60 Å². The predicted octanol–water partition coefficient (Wildman–Crippen LogP) is 3.84. The highest BCUT2D eigenvalue weighted by Crippen LogP contribution is 2.44. The Morgan fingerprint density at radius 3 is 2.68 bits per heavy atom. The van der Waals surface area contributed by atoms with Crippen LogP contribution in [0.25, 0.3) is 0 Å². The molecule has 2 nitrogen and oxygen atoms in total. The smallest absolute Gasteiger partial charge is 0.169 e. The summed E-state index contributed by atoms with van der Waals surface area (Å²) in [5.41, 5.74) is -0.109. The Balaban J connectivity index is 2.20. The summed E-state index contributed by atoms with van der Waals surface area (Å²) >= 11 is 0. The van der Waals surface area contributed by atoms with Gasteiger partial charge in [0.15, 0.2) is 5.78 Å². The van der Waals surface area contributed by atoms with Gasteiger partial charge in [-0.2, -0.15) is 0 Å². The first-order chi connectivity index (χ1) is 9.06. The van der Waals surface area contributed by atoms with Crippen LogP contribution in [0.4, 0.5) is 0 Å². The maximum Gasteiger partial charge on any atom is 0.169 e. The standard InChI is InChI=1S/C17H24O2/c1-3-4-8-13-11-12-17(2,19)15(13)16(18)14-9-6-5-7-10-14/h5-7,9-10,13,15,19H,3-4,8,11-12H2,1-2H3/t13-,15-,17-/m0/s1. The lowest BCUT2D eigenvalue weighted by atomic mass is 9.79. The zero-order valence-electron chi connectivity index (χ0n) is 11.9. The Hall–Kier alpha value is -1.15. The summed E-state index contributed by atoms with van der Waals surface area (Å²) in [6.07, 6.45) is 5.04. The quantitative estimate of drug-likeness (QED) is 0.817. The number of Topliss-reactive ketones (excluding diaryl/α,β-unsaturated/α-hetero) is 1. The topological polar surface area (TPSA) is 37.3 Å². The van der Waals surface area contributed by atoms with Crippen molar-refractivity contribution in [1.82, 2.24) is 0 Å². The third kappa shape index (κ3) is 3.06. The van der Waals surface area contributed by atoms with E-state index in [0.29, 0.717) is 5.92 Å². The fourth-order valence-corrected chi connectivity index (χ4v) is 3.36. The Bertz CT molecular complexity index is 422. The van der Waals surface area contributed by atoms with Gasteiger partial charge >= 0.3 is 0 Å². The van der Waals surface area contributed by atoms with E-state index in [0.717, 1.165) is 37.7 Å². The molecule has 2 rings (SSSR count). The lowest BCUT2D eigenvalue weighted by molar-refractivity contribution is 0.0134. The molecule has 0 amide bonds. The van der Waals surface area contributed by atoms with Gasteiger partial charge in [-0.05, 0) is 32.1 Å². The molecule has 1 N–H and O–H groups in total. The Kier molecular flexibility index (Phi) is 4.41. The summed E-state index contributed by atoms with van der Waals surface area (Å²) in [7, 11) is 0. The first-order valence-electron chi connectivity index (χ1n) is 7.38. The van der Waals surface area contributed by atoms with E-state index in [1.165, 1.54) is 0 Å². The minimum absolute atomic E-state index is 0.115. The second-order valence-corrected chi connectivity index (χ2v) is 6.01. The molecule has 0 bridgehead atoms. The highest BCUT2D eigenvalue weighted by Gasteiger charge is 2.47. The number of ketones is 1. The van der Waals surface area contributed by atoms with E-state index in [4.69, 9.17) is 0 Å². The number of hydrogen-bond acceptors (Lipinski definition) is 2. The van der Waals surface area contributed by atoms with Crippen molar-refractivity contribution in [2.24, 2.45) is 11.8 Å². The molecule has 0 aliphatic heterocycles. The van der Waals surface area contributed by atoms with E-state index in [1.54, 1.807) is 0 Å². The SMILES string of the molecule is CCCC[C@H]1CC[C@](C)(O)[C@@H]1C(=O)c1ccccc1. The molecular formula is C17H24O2. The molecular weight excluding hydrogens is 236 g/mol. The van der Waals surface area contributed by atoms with E-state index in [2.05, 4.69) is 6.92 Å². The molecule has 0 spiro atoms. The fourth-order valence-electron chi connectivity index (χ4n) is 3.36. The van der Waals surface area contributed by atoms with Crippen molar-refractivity contribution in [2.45, 2.75) is 51.6 Å². The third-order valence-corrected chi connectivity index (χ3v) is 4.43. The van der Waals surface area contributed by atoms with Gasteiger partial charge in [-0.15, -0.1) is 0 Å². The lowest BCUT2D eigenvalue weighted by Gasteiger charge is -2.28. The van der Waals surface area contributed by atoms with Crippen molar-refractivity contribution in [2.75, 3.05) is 0 Å². The molecule has 1 aromatic carbocycles. The van der Waals surface area contributed by atoms with Crippen molar-refractivity contribution in [3.63, 3.8) is 0 Å². The zero-order valence-corrected chi connectivity index (χ0v) is 11.9. The third-order valence-electron chi connectivity index (χ3n) is 4.43. The van der Waals surface area contributed by atoms with E-state index in [1.807, 2.05) is 37.3 Å². The molecule has 19 heavy (non-hydrogen) atoms. The van der Waals surface area contributed by atoms with Crippen LogP contribution in [0.3, 0.4) is 0 Å². The van der Waals surface area contributed by atoms with Crippen LogP contribution >= 0.6 is 0 Å². The molecule has 0 unspecified atom stereocenters. The minimum atomic E-state index is -0.842. The van der Waals surface area contributed by atoms with Crippen molar-refractivity contribution >= 4 is 5.78 Å². The van der Waals surface area contributed by atoms with Crippen LogP contribution in [0, 0.1) is 11.8 Å². The van der Waals surface area contributed by atoms with Crippen LogP contribution < -0.4 is 0 Å². The van der Waals surface area contributed by atoms with Crippen molar-refractivity contribution in [3.8, 4) is 0 Å². The summed E-state index contributed by atoms with van der Waals surface area (Å²) < 4.78 is 0. The normalized spacial score (nSPS) is 30.5. The van der Waals surface area contributed by atoms with Gasteiger partial charge in [0.2, 0.25) is 0 Å². The number of carbonyl (C=O) groups is 1. The molecule has 1 fully saturated rings. The average Bonchev–Trinajstić information content (AvgIpc) is 2.71. The van der Waals surface area contributed by atoms with Crippen LogP contribution in [0.1, 0.15) is 56.3 Å². The first-order valence-corrected chi connectivity index (χ1v) is 7.38. The Morgan fingerprint density at radius 2 is 2.05 bits per heavy atom. The number of aliphatic hydroxyl groups is 1. The van der Waals surface area contributed by atoms with Gasteiger partial charge < -0.3 is 5.11 Å². The molecule has 0 heterocycles. The van der Waals surface area contributed by atoms with Crippen LogP contribution in [-0.4, -0.2) is 16.5 Å². The minimum Gasteiger partial charge on any atom is -0.389 e. The van der Waals surface area contributed by atoms with Gasteiger partial charge in [0.25, 0.3) is 0 Å². The number of benzene rings is 1. The summed E-state index contributed by atoms with van der Waals surface area (Å²) in [5, 5.41) is 10.5. The molecule has 104 valence electrons.